The molecular formula is C22H28N4O3. The Kier molecular flexibility index (Phi) is 7.98. The number of aryl methyl sites for hydroxylation is 3. The Morgan fingerprint density at radius 3 is 2.45 bits per heavy atom. The van der Waals surface area contributed by atoms with E-state index in [4.69, 9.17) is 9.68 Å². The number of benzene rings is 1. The van der Waals surface area contributed by atoms with E-state index >= 15 is 0 Å². The largest absolute Gasteiger partial charge is 0.467 e. The van der Waals surface area contributed by atoms with E-state index in [9.17, 15) is 9.59 Å². The molecule has 1 heterocycles. The van der Waals surface area contributed by atoms with Crippen molar-refractivity contribution < 1.29 is 14.0 Å². The minimum Gasteiger partial charge on any atom is -0.467 e. The van der Waals surface area contributed by atoms with Crippen molar-refractivity contribution in [3.63, 3.8) is 0 Å². The number of carbonyl (C=O) groups excluding carboxylic acids is 2. The van der Waals surface area contributed by atoms with Gasteiger partial charge in [-0.15, -0.1) is 0 Å². The Morgan fingerprint density at radius 1 is 1.17 bits per heavy atom. The minimum absolute atomic E-state index is 0.0748. The highest BCUT2D eigenvalue weighted by molar-refractivity contribution is 5.94. The molecule has 0 radical (unpaired) electrons. The normalized spacial score (nSPS) is 10.6. The van der Waals surface area contributed by atoms with Crippen LogP contribution < -0.4 is 5.32 Å². The number of rotatable bonds is 9. The maximum Gasteiger partial charge on any atom is 0.238 e. The van der Waals surface area contributed by atoms with Crippen LogP contribution in [0.5, 0.6) is 0 Å². The Morgan fingerprint density at radius 2 is 1.86 bits per heavy atom. The lowest BCUT2D eigenvalue weighted by atomic mass is 10.1. The first-order chi connectivity index (χ1) is 13.8. The number of anilines is 1. The molecule has 1 aromatic carbocycles. The molecule has 0 saturated heterocycles. The van der Waals surface area contributed by atoms with Gasteiger partial charge in [0.1, 0.15) is 5.76 Å². The summed E-state index contributed by atoms with van der Waals surface area (Å²) < 4.78 is 5.31. The molecule has 0 atom stereocenters. The number of amides is 2. The highest BCUT2D eigenvalue weighted by atomic mass is 16.3. The van der Waals surface area contributed by atoms with E-state index in [-0.39, 0.29) is 31.3 Å². The number of nitrogens with one attached hydrogen (secondary N) is 1. The standard InChI is InChI=1S/C22H28N4O3/c1-16-11-17(2)22(18(3)12-16)24-20(27)14-25(4)15-21(28)26(9-6-8-23)13-19-7-5-10-29-19/h5,7,10-12H,6,9,13-15H2,1-4H3,(H,24,27). The van der Waals surface area contributed by atoms with Crippen molar-refractivity contribution in [2.45, 2.75) is 33.7 Å². The van der Waals surface area contributed by atoms with Gasteiger partial charge in [-0.3, -0.25) is 14.5 Å². The van der Waals surface area contributed by atoms with Crippen LogP contribution in [0.15, 0.2) is 34.9 Å². The number of hydrogen-bond donors (Lipinski definition) is 1. The average Bonchev–Trinajstić information content (AvgIpc) is 3.14. The Labute approximate surface area is 171 Å². The van der Waals surface area contributed by atoms with Crippen molar-refractivity contribution in [2.24, 2.45) is 0 Å². The van der Waals surface area contributed by atoms with Crippen LogP contribution in [0.25, 0.3) is 0 Å². The van der Waals surface area contributed by atoms with E-state index in [2.05, 4.69) is 11.4 Å². The average molecular weight is 396 g/mol. The van der Waals surface area contributed by atoms with Crippen LogP contribution in [0, 0.1) is 32.1 Å². The second-order valence-electron chi connectivity index (χ2n) is 7.30. The molecule has 2 aromatic rings. The number of nitrogens with zero attached hydrogens (tertiary/aromatic N) is 3. The first-order valence-electron chi connectivity index (χ1n) is 9.53. The highest BCUT2D eigenvalue weighted by Gasteiger charge is 2.19. The quantitative estimate of drug-likeness (QED) is 0.704. The van der Waals surface area contributed by atoms with Gasteiger partial charge in [0, 0.05) is 12.2 Å². The monoisotopic (exact) mass is 396 g/mol. The van der Waals surface area contributed by atoms with Gasteiger partial charge in [-0.2, -0.15) is 5.26 Å². The van der Waals surface area contributed by atoms with Gasteiger partial charge in [0.25, 0.3) is 0 Å². The van der Waals surface area contributed by atoms with Crippen molar-refractivity contribution in [1.29, 1.82) is 5.26 Å². The second kappa shape index (κ2) is 10.4. The summed E-state index contributed by atoms with van der Waals surface area (Å²) in [5.74, 6) is 0.321. The van der Waals surface area contributed by atoms with Gasteiger partial charge in [0.05, 0.1) is 38.4 Å². The molecule has 0 aliphatic heterocycles. The molecule has 7 heteroatoms. The van der Waals surface area contributed by atoms with Crippen LogP contribution in [0.1, 0.15) is 28.9 Å². The zero-order valence-corrected chi connectivity index (χ0v) is 17.5. The van der Waals surface area contributed by atoms with Crippen molar-refractivity contribution >= 4 is 17.5 Å². The molecular weight excluding hydrogens is 368 g/mol. The van der Waals surface area contributed by atoms with Gasteiger partial charge in [-0.25, -0.2) is 0 Å². The molecule has 1 N–H and O–H groups in total. The van der Waals surface area contributed by atoms with Crippen LogP contribution >= 0.6 is 0 Å². The van der Waals surface area contributed by atoms with Gasteiger partial charge in [0.2, 0.25) is 11.8 Å². The van der Waals surface area contributed by atoms with E-state index in [0.717, 1.165) is 22.4 Å². The molecule has 0 aliphatic carbocycles. The molecule has 2 amide bonds. The highest BCUT2D eigenvalue weighted by Crippen LogP contribution is 2.21. The molecule has 0 bridgehead atoms. The predicted octanol–water partition coefficient (Wildman–Crippen LogP) is 3.02. The summed E-state index contributed by atoms with van der Waals surface area (Å²) in [5.41, 5.74) is 3.98. The summed E-state index contributed by atoms with van der Waals surface area (Å²) in [6, 6.07) is 9.65. The maximum atomic E-state index is 12.7. The molecule has 0 unspecified atom stereocenters. The number of carbonyl (C=O) groups is 2. The predicted molar refractivity (Wildman–Crippen MR) is 111 cm³/mol. The number of likely N-dealkylation sites (N-methyl/N-ethyl adjacent to an activating group) is 1. The Bertz CT molecular complexity index is 861. The summed E-state index contributed by atoms with van der Waals surface area (Å²) in [4.78, 5) is 28.4. The van der Waals surface area contributed by atoms with Gasteiger partial charge in [-0.1, -0.05) is 17.7 Å². The summed E-state index contributed by atoms with van der Waals surface area (Å²) in [5, 5.41) is 11.8. The Balaban J connectivity index is 1.93. The molecule has 2 rings (SSSR count). The second-order valence-corrected chi connectivity index (χ2v) is 7.30. The van der Waals surface area contributed by atoms with E-state index < -0.39 is 0 Å². The summed E-state index contributed by atoms with van der Waals surface area (Å²) >= 11 is 0. The smallest absolute Gasteiger partial charge is 0.238 e. The van der Waals surface area contributed by atoms with Crippen LogP contribution in [0.3, 0.4) is 0 Å². The van der Waals surface area contributed by atoms with E-state index in [1.807, 2.05) is 32.9 Å². The molecule has 29 heavy (non-hydrogen) atoms. The molecule has 154 valence electrons. The molecule has 1 aromatic heterocycles. The third-order valence-electron chi connectivity index (χ3n) is 4.53. The van der Waals surface area contributed by atoms with Crippen molar-refractivity contribution in [3.05, 3.63) is 53.0 Å². The van der Waals surface area contributed by atoms with Gasteiger partial charge < -0.3 is 14.6 Å². The fourth-order valence-corrected chi connectivity index (χ4v) is 3.26. The topological polar surface area (TPSA) is 89.6 Å². The minimum atomic E-state index is -0.176. The first kappa shape index (κ1) is 22.2. The van der Waals surface area contributed by atoms with Crippen LogP contribution in [0.4, 0.5) is 5.69 Å². The molecule has 0 saturated carbocycles. The van der Waals surface area contributed by atoms with Crippen molar-refractivity contribution in [3.8, 4) is 6.07 Å². The number of hydrogen-bond acceptors (Lipinski definition) is 5. The number of furan rings is 1. The molecule has 0 aliphatic rings. The SMILES string of the molecule is Cc1cc(C)c(NC(=O)CN(C)CC(=O)N(CCC#N)Cc2ccco2)c(C)c1. The summed E-state index contributed by atoms with van der Waals surface area (Å²) in [7, 11) is 1.72. The lowest BCUT2D eigenvalue weighted by Crippen LogP contribution is -2.41. The van der Waals surface area contributed by atoms with Crippen molar-refractivity contribution in [2.75, 3.05) is 32.0 Å². The summed E-state index contributed by atoms with van der Waals surface area (Å²) in [6.07, 6.45) is 1.79. The third kappa shape index (κ3) is 6.77. The first-order valence-corrected chi connectivity index (χ1v) is 9.53. The van der Waals surface area contributed by atoms with Crippen LogP contribution in [-0.2, 0) is 16.1 Å². The maximum absolute atomic E-state index is 12.7. The zero-order chi connectivity index (χ0) is 21.4. The van der Waals surface area contributed by atoms with E-state index in [0.29, 0.717) is 18.8 Å². The lowest BCUT2D eigenvalue weighted by Gasteiger charge is -2.24. The molecule has 0 spiro atoms. The third-order valence-corrected chi connectivity index (χ3v) is 4.53. The fraction of sp³-hybridized carbons (Fsp3) is 0.409. The van der Waals surface area contributed by atoms with E-state index in [1.54, 1.807) is 35.2 Å². The van der Waals surface area contributed by atoms with Crippen LogP contribution in [-0.4, -0.2) is 48.3 Å². The zero-order valence-electron chi connectivity index (χ0n) is 17.5. The molecule has 7 nitrogen and oxygen atoms in total. The summed E-state index contributed by atoms with van der Waals surface area (Å²) in [6.45, 7) is 6.73. The van der Waals surface area contributed by atoms with E-state index in [1.165, 1.54) is 0 Å². The van der Waals surface area contributed by atoms with Crippen molar-refractivity contribution in [1.82, 2.24) is 9.80 Å². The lowest BCUT2D eigenvalue weighted by molar-refractivity contribution is -0.133. The molecule has 0 fully saturated rings. The Hall–Kier alpha value is -3.11. The number of nitriles is 1. The fourth-order valence-electron chi connectivity index (χ4n) is 3.26. The van der Waals surface area contributed by atoms with Gasteiger partial charge in [-0.05, 0) is 51.1 Å². The van der Waals surface area contributed by atoms with Gasteiger partial charge in [0.15, 0.2) is 0 Å². The van der Waals surface area contributed by atoms with Gasteiger partial charge >= 0.3 is 0 Å². The van der Waals surface area contributed by atoms with Crippen LogP contribution in [0.2, 0.25) is 0 Å².